The summed E-state index contributed by atoms with van der Waals surface area (Å²) in [5.74, 6) is 7.86. The van der Waals surface area contributed by atoms with Crippen LogP contribution in [0.3, 0.4) is 0 Å². The molecule has 2 fully saturated rings. The summed E-state index contributed by atoms with van der Waals surface area (Å²) in [6.07, 6.45) is 10.9. The van der Waals surface area contributed by atoms with E-state index in [-0.39, 0.29) is 17.2 Å². The van der Waals surface area contributed by atoms with Gasteiger partial charge in [-0.25, -0.2) is 0 Å². The molecular formula is C29H43NO3Si. The van der Waals surface area contributed by atoms with Crippen LogP contribution in [0.1, 0.15) is 65.9 Å². The van der Waals surface area contributed by atoms with Gasteiger partial charge in [-0.05, 0) is 80.9 Å². The molecule has 1 saturated heterocycles. The van der Waals surface area contributed by atoms with Gasteiger partial charge in [0, 0.05) is 25.6 Å². The number of rotatable bonds is 9. The fourth-order valence-electron chi connectivity index (χ4n) is 3.61. The molecule has 0 spiro atoms. The van der Waals surface area contributed by atoms with Crippen LogP contribution in [-0.4, -0.2) is 39.1 Å². The van der Waals surface area contributed by atoms with Crippen molar-refractivity contribution >= 4 is 14.5 Å². The Bertz CT molecular complexity index is 929. The van der Waals surface area contributed by atoms with E-state index in [1.165, 1.54) is 18.4 Å². The van der Waals surface area contributed by atoms with Crippen LogP contribution in [0.15, 0.2) is 41.4 Å². The molecule has 3 rings (SSSR count). The predicted octanol–water partition coefficient (Wildman–Crippen LogP) is 6.95. The van der Waals surface area contributed by atoms with E-state index in [0.29, 0.717) is 0 Å². The predicted molar refractivity (Wildman–Crippen MR) is 144 cm³/mol. The lowest BCUT2D eigenvalue weighted by atomic mass is 10.1. The van der Waals surface area contributed by atoms with Crippen LogP contribution in [0.2, 0.25) is 18.1 Å². The van der Waals surface area contributed by atoms with Crippen molar-refractivity contribution in [3.05, 3.63) is 42.0 Å². The second-order valence-corrected chi connectivity index (χ2v) is 16.3. The maximum atomic E-state index is 6.44. The molecule has 0 unspecified atom stereocenters. The zero-order chi connectivity index (χ0) is 24.8. The van der Waals surface area contributed by atoms with E-state index >= 15 is 0 Å². The number of aliphatic imine (C=N–C) groups is 1. The minimum Gasteiger partial charge on any atom is -0.543 e. The first-order chi connectivity index (χ1) is 16.0. The molecule has 1 aromatic rings. The zero-order valence-electron chi connectivity index (χ0n) is 22.2. The largest absolute Gasteiger partial charge is 0.543 e. The van der Waals surface area contributed by atoms with Crippen molar-refractivity contribution in [1.29, 1.82) is 0 Å². The molecule has 0 amide bonds. The van der Waals surface area contributed by atoms with E-state index in [9.17, 15) is 0 Å². The van der Waals surface area contributed by atoms with Crippen molar-refractivity contribution in [3.63, 3.8) is 0 Å². The monoisotopic (exact) mass is 481 g/mol. The minimum atomic E-state index is -1.84. The highest BCUT2D eigenvalue weighted by molar-refractivity contribution is 6.74. The van der Waals surface area contributed by atoms with Gasteiger partial charge < -0.3 is 13.9 Å². The highest BCUT2D eigenvalue weighted by Gasteiger charge is 2.40. The maximum Gasteiger partial charge on any atom is 0.250 e. The van der Waals surface area contributed by atoms with Crippen LogP contribution >= 0.6 is 0 Å². The molecule has 186 valence electrons. The van der Waals surface area contributed by atoms with Crippen molar-refractivity contribution in [2.75, 3.05) is 6.54 Å². The number of hydrogen-bond donors (Lipinski definition) is 0. The molecule has 1 saturated carbocycles. The zero-order valence-corrected chi connectivity index (χ0v) is 23.2. The fourth-order valence-corrected chi connectivity index (χ4v) is 4.64. The van der Waals surface area contributed by atoms with Gasteiger partial charge in [0.1, 0.15) is 11.9 Å². The Morgan fingerprint density at radius 1 is 1.18 bits per heavy atom. The molecule has 0 radical (unpaired) electrons. The van der Waals surface area contributed by atoms with Crippen molar-refractivity contribution in [3.8, 4) is 17.6 Å². The molecule has 4 nitrogen and oxygen atoms in total. The topological polar surface area (TPSA) is 40.0 Å². The van der Waals surface area contributed by atoms with Gasteiger partial charge in [0.2, 0.25) is 8.32 Å². The summed E-state index contributed by atoms with van der Waals surface area (Å²) < 4.78 is 18.6. The average Bonchev–Trinajstić information content (AvgIpc) is 3.50. The van der Waals surface area contributed by atoms with Crippen molar-refractivity contribution < 1.29 is 13.9 Å². The lowest BCUT2D eigenvalue weighted by Gasteiger charge is -2.36. The molecule has 1 heterocycles. The summed E-state index contributed by atoms with van der Waals surface area (Å²) in [5.41, 5.74) is 1.19. The summed E-state index contributed by atoms with van der Waals surface area (Å²) in [7, 11) is -1.84. The lowest BCUT2D eigenvalue weighted by Crippen LogP contribution is -2.43. The highest BCUT2D eigenvalue weighted by atomic mass is 28.4. The van der Waals surface area contributed by atoms with Gasteiger partial charge in [0.05, 0.1) is 6.10 Å². The quantitative estimate of drug-likeness (QED) is 0.218. The molecule has 2 atom stereocenters. The summed E-state index contributed by atoms with van der Waals surface area (Å²) in [5, 5.41) is 0.180. The van der Waals surface area contributed by atoms with E-state index in [4.69, 9.17) is 13.9 Å². The van der Waals surface area contributed by atoms with Gasteiger partial charge in [-0.3, -0.25) is 4.99 Å². The van der Waals surface area contributed by atoms with E-state index in [1.807, 2.05) is 26.1 Å². The van der Waals surface area contributed by atoms with Crippen molar-refractivity contribution in [2.45, 2.75) is 103 Å². The Morgan fingerprint density at radius 2 is 1.94 bits per heavy atom. The summed E-state index contributed by atoms with van der Waals surface area (Å²) in [4.78, 5) is 4.47. The molecule has 0 aromatic heterocycles. The first-order valence-corrected chi connectivity index (χ1v) is 15.6. The third-order valence-electron chi connectivity index (χ3n) is 6.82. The van der Waals surface area contributed by atoms with Gasteiger partial charge in [0.25, 0.3) is 0 Å². The molecule has 1 aliphatic carbocycles. The second kappa shape index (κ2) is 11.2. The minimum absolute atomic E-state index is 0.0127. The number of nitrogens with zero attached hydrogens (tertiary/aromatic N) is 1. The first kappa shape index (κ1) is 26.7. The van der Waals surface area contributed by atoms with E-state index in [2.05, 4.69) is 81.0 Å². The highest BCUT2D eigenvalue weighted by Crippen LogP contribution is 2.37. The van der Waals surface area contributed by atoms with Crippen LogP contribution in [0.4, 0.5) is 0 Å². The van der Waals surface area contributed by atoms with E-state index in [1.54, 1.807) is 0 Å². The molecule has 1 aliphatic heterocycles. The summed E-state index contributed by atoms with van der Waals surface area (Å²) in [6.45, 7) is 16.2. The number of allylic oxidation sites excluding steroid dienone is 1. The number of ether oxygens (including phenoxy) is 2. The number of hydrogen-bond acceptors (Lipinski definition) is 4. The normalized spacial score (nSPS) is 22.8. The summed E-state index contributed by atoms with van der Waals surface area (Å²) >= 11 is 0. The first-order valence-electron chi connectivity index (χ1n) is 12.7. The van der Waals surface area contributed by atoms with Crippen molar-refractivity contribution in [1.82, 2.24) is 0 Å². The molecule has 2 aliphatic rings. The van der Waals surface area contributed by atoms with Gasteiger partial charge in [0.15, 0.2) is 5.79 Å². The SMILES string of the molecule is CC1(C)O[C@@H](/C=C/C=NCC2CC2)[C@H](CCC#CCc2cccc(O[Si](C)(C)C(C)(C)C)c2)O1. The molecular weight excluding hydrogens is 438 g/mol. The van der Waals surface area contributed by atoms with Gasteiger partial charge in [-0.2, -0.15) is 0 Å². The molecule has 0 N–H and O–H groups in total. The third-order valence-corrected chi connectivity index (χ3v) is 11.2. The maximum absolute atomic E-state index is 6.44. The molecule has 34 heavy (non-hydrogen) atoms. The second-order valence-electron chi connectivity index (χ2n) is 11.6. The molecule has 0 bridgehead atoms. The average molecular weight is 482 g/mol. The Labute approximate surface area is 208 Å². The van der Waals surface area contributed by atoms with E-state index < -0.39 is 14.1 Å². The van der Waals surface area contributed by atoms with Crippen LogP contribution in [0, 0.1) is 17.8 Å². The lowest BCUT2D eigenvalue weighted by molar-refractivity contribution is -0.143. The standard InChI is InChI=1S/C29H43NO3Si/c1-28(2,3)34(6,7)33-25-15-11-14-23(21-25)13-9-8-10-16-26-27(32-29(4,5)31-26)17-12-20-30-22-24-18-19-24/h11-12,14-15,17,20-21,24,26-27H,10,13,16,18-19,22H2,1-7H3/b17-12+,30-20?/t26-,27-/m0/s1. The Kier molecular flexibility index (Phi) is 8.84. The Hall–Kier alpha value is -1.87. The number of benzene rings is 1. The molecule has 5 heteroatoms. The van der Waals surface area contributed by atoms with E-state index in [0.717, 1.165) is 37.5 Å². The van der Waals surface area contributed by atoms with Crippen LogP contribution in [0.25, 0.3) is 0 Å². The Balaban J connectivity index is 1.48. The summed E-state index contributed by atoms with van der Waals surface area (Å²) in [6, 6.07) is 8.38. The molecule has 1 aromatic carbocycles. The third kappa shape index (κ3) is 8.41. The van der Waals surface area contributed by atoms with Gasteiger partial charge >= 0.3 is 0 Å². The van der Waals surface area contributed by atoms with Crippen LogP contribution in [-0.2, 0) is 15.9 Å². The van der Waals surface area contributed by atoms with Gasteiger partial charge in [-0.1, -0.05) is 44.9 Å². The van der Waals surface area contributed by atoms with Crippen LogP contribution in [0.5, 0.6) is 5.75 Å². The van der Waals surface area contributed by atoms with Gasteiger partial charge in [-0.15, -0.1) is 5.92 Å². The van der Waals surface area contributed by atoms with Crippen LogP contribution < -0.4 is 4.43 Å². The van der Waals surface area contributed by atoms with Crippen molar-refractivity contribution in [2.24, 2.45) is 10.9 Å². The fraction of sp³-hybridized carbons (Fsp3) is 0.621. The smallest absolute Gasteiger partial charge is 0.250 e. The Morgan fingerprint density at radius 3 is 2.65 bits per heavy atom.